The second-order valence-electron chi connectivity index (χ2n) is 6.39. The Labute approximate surface area is 147 Å². The minimum atomic E-state index is -0.692. The molecule has 0 aliphatic heterocycles. The largest absolute Gasteiger partial charge is 0.486 e. The van der Waals surface area contributed by atoms with E-state index >= 15 is 0 Å². The zero-order valence-electron chi connectivity index (χ0n) is 14.4. The lowest BCUT2D eigenvalue weighted by atomic mass is 10.1. The summed E-state index contributed by atoms with van der Waals surface area (Å²) in [5.74, 6) is 0.688. The van der Waals surface area contributed by atoms with Crippen LogP contribution in [-0.2, 0) is 11.3 Å². The van der Waals surface area contributed by atoms with Crippen LogP contribution in [0.3, 0.4) is 0 Å². The van der Waals surface area contributed by atoms with Crippen molar-refractivity contribution in [2.45, 2.75) is 50.5 Å². The van der Waals surface area contributed by atoms with E-state index in [0.29, 0.717) is 18.6 Å². The van der Waals surface area contributed by atoms with E-state index in [1.807, 2.05) is 16.8 Å². The summed E-state index contributed by atoms with van der Waals surface area (Å²) in [4.78, 5) is 22.1. The van der Waals surface area contributed by atoms with Gasteiger partial charge in [-0.3, -0.25) is 9.78 Å². The molecule has 1 aliphatic carbocycles. The Morgan fingerprint density at radius 1 is 1.40 bits per heavy atom. The number of hydrogen-bond acceptors (Lipinski definition) is 5. The van der Waals surface area contributed by atoms with Crippen LogP contribution in [0.4, 0.5) is 0 Å². The number of aliphatic hydroxyl groups is 1. The molecule has 1 saturated carbocycles. The molecule has 2 aromatic heterocycles. The van der Waals surface area contributed by atoms with Gasteiger partial charge in [-0.1, -0.05) is 0 Å². The molecule has 0 bridgehead atoms. The Morgan fingerprint density at radius 2 is 2.28 bits per heavy atom. The summed E-state index contributed by atoms with van der Waals surface area (Å²) in [7, 11) is 1.76. The minimum Gasteiger partial charge on any atom is -0.486 e. The molecule has 0 saturated heterocycles. The molecule has 0 spiro atoms. The molecule has 0 unspecified atom stereocenters. The molecule has 0 radical (unpaired) electrons. The smallest absolute Gasteiger partial charge is 0.222 e. The van der Waals surface area contributed by atoms with Crippen molar-refractivity contribution in [2.24, 2.45) is 0 Å². The zero-order valence-corrected chi connectivity index (χ0v) is 14.4. The average Bonchev–Trinajstić information content (AvgIpc) is 3.26. The summed E-state index contributed by atoms with van der Waals surface area (Å²) in [6.45, 7) is 0.763. The van der Waals surface area contributed by atoms with Crippen LogP contribution in [0.25, 0.3) is 0 Å². The van der Waals surface area contributed by atoms with Crippen molar-refractivity contribution in [3.05, 3.63) is 43.2 Å². The molecule has 7 nitrogen and oxygen atoms in total. The number of imidazole rings is 1. The number of hydrogen-bond donors (Lipinski definition) is 1. The Morgan fingerprint density at radius 3 is 3.00 bits per heavy atom. The van der Waals surface area contributed by atoms with Crippen molar-refractivity contribution in [3.63, 3.8) is 0 Å². The standard InChI is InChI=1S/C18H24N4O3/c1-21(17(23)5-3-10-22-11-9-20-13-22)15-6-7-16(18(15)24)25-14-4-2-8-19-12-14/h2,4,8-9,11-13,15-16,18,24H,3,5-7,10H2,1H3/t15-,16-,18-/m1/s1. The molecular formula is C18H24N4O3. The number of likely N-dealkylation sites (N-methyl/N-ethyl adjacent to an activating group) is 1. The highest BCUT2D eigenvalue weighted by atomic mass is 16.5. The maximum Gasteiger partial charge on any atom is 0.222 e. The van der Waals surface area contributed by atoms with Gasteiger partial charge in [-0.2, -0.15) is 0 Å². The Hall–Kier alpha value is -2.41. The number of aliphatic hydroxyl groups excluding tert-OH is 1. The van der Waals surface area contributed by atoms with Gasteiger partial charge in [-0.05, 0) is 31.4 Å². The third kappa shape index (κ3) is 4.36. The number of aryl methyl sites for hydroxylation is 1. The molecule has 1 aliphatic rings. The highest BCUT2D eigenvalue weighted by Crippen LogP contribution is 2.28. The van der Waals surface area contributed by atoms with Crippen LogP contribution in [0, 0.1) is 0 Å². The number of rotatable bonds is 7. The molecule has 0 aromatic carbocycles. The van der Waals surface area contributed by atoms with E-state index in [1.54, 1.807) is 42.9 Å². The van der Waals surface area contributed by atoms with Gasteiger partial charge in [0.25, 0.3) is 0 Å². The van der Waals surface area contributed by atoms with Crippen LogP contribution in [0.1, 0.15) is 25.7 Å². The van der Waals surface area contributed by atoms with Gasteiger partial charge in [0.05, 0.1) is 18.6 Å². The Kier molecular flexibility index (Phi) is 5.65. The van der Waals surface area contributed by atoms with E-state index in [0.717, 1.165) is 19.4 Å². The first-order valence-electron chi connectivity index (χ1n) is 8.61. The first kappa shape index (κ1) is 17.4. The summed E-state index contributed by atoms with van der Waals surface area (Å²) >= 11 is 0. The number of carbonyl (C=O) groups excluding carboxylic acids is 1. The van der Waals surface area contributed by atoms with Crippen molar-refractivity contribution < 1.29 is 14.6 Å². The van der Waals surface area contributed by atoms with E-state index in [4.69, 9.17) is 4.74 Å². The van der Waals surface area contributed by atoms with E-state index in [9.17, 15) is 9.90 Å². The van der Waals surface area contributed by atoms with Crippen LogP contribution >= 0.6 is 0 Å². The molecule has 7 heteroatoms. The van der Waals surface area contributed by atoms with Crippen molar-refractivity contribution in [2.75, 3.05) is 7.05 Å². The van der Waals surface area contributed by atoms with E-state index < -0.39 is 6.10 Å². The third-order valence-corrected chi connectivity index (χ3v) is 4.70. The fourth-order valence-electron chi connectivity index (χ4n) is 3.26. The summed E-state index contributed by atoms with van der Waals surface area (Å²) in [6.07, 6.45) is 10.3. The number of nitrogens with zero attached hydrogens (tertiary/aromatic N) is 4. The molecule has 2 aromatic rings. The number of ether oxygens (including phenoxy) is 1. The SMILES string of the molecule is CN(C(=O)CCCn1ccnc1)[C@@H]1CC[C@@H](Oc2cccnc2)[C@@H]1O. The number of aromatic nitrogens is 3. The van der Waals surface area contributed by atoms with Crippen molar-refractivity contribution >= 4 is 5.91 Å². The molecule has 2 heterocycles. The van der Waals surface area contributed by atoms with Gasteiger partial charge >= 0.3 is 0 Å². The fourth-order valence-corrected chi connectivity index (χ4v) is 3.26. The quantitative estimate of drug-likeness (QED) is 0.823. The molecule has 1 fully saturated rings. The molecule has 25 heavy (non-hydrogen) atoms. The molecule has 134 valence electrons. The summed E-state index contributed by atoms with van der Waals surface area (Å²) in [5.41, 5.74) is 0. The normalized spacial score (nSPS) is 22.7. The average molecular weight is 344 g/mol. The van der Waals surface area contributed by atoms with Crippen LogP contribution in [0.2, 0.25) is 0 Å². The maximum absolute atomic E-state index is 12.4. The molecule has 3 atom stereocenters. The van der Waals surface area contributed by atoms with Crippen molar-refractivity contribution in [1.82, 2.24) is 19.4 Å². The first-order chi connectivity index (χ1) is 12.1. The topological polar surface area (TPSA) is 80.5 Å². The molecule has 3 rings (SSSR count). The lowest BCUT2D eigenvalue weighted by Crippen LogP contribution is -2.45. The van der Waals surface area contributed by atoms with E-state index in [-0.39, 0.29) is 18.1 Å². The monoisotopic (exact) mass is 344 g/mol. The van der Waals surface area contributed by atoms with Crippen molar-refractivity contribution in [1.29, 1.82) is 0 Å². The van der Waals surface area contributed by atoms with Gasteiger partial charge in [0.1, 0.15) is 18.0 Å². The predicted molar refractivity (Wildman–Crippen MR) is 91.9 cm³/mol. The summed E-state index contributed by atoms with van der Waals surface area (Å²) < 4.78 is 7.77. The van der Waals surface area contributed by atoms with Crippen LogP contribution in [0.15, 0.2) is 43.2 Å². The van der Waals surface area contributed by atoms with Gasteiger partial charge in [-0.15, -0.1) is 0 Å². The molecule has 1 amide bonds. The van der Waals surface area contributed by atoms with Gasteiger partial charge in [-0.25, -0.2) is 4.98 Å². The summed E-state index contributed by atoms with van der Waals surface area (Å²) in [6, 6.07) is 3.41. The Bertz CT molecular complexity index is 662. The minimum absolute atomic E-state index is 0.0474. The number of carbonyl (C=O) groups is 1. The number of amides is 1. The summed E-state index contributed by atoms with van der Waals surface area (Å²) in [5, 5.41) is 10.6. The van der Waals surface area contributed by atoms with Crippen LogP contribution in [0.5, 0.6) is 5.75 Å². The maximum atomic E-state index is 12.4. The van der Waals surface area contributed by atoms with Gasteiger partial charge in [0.15, 0.2) is 0 Å². The van der Waals surface area contributed by atoms with E-state index in [2.05, 4.69) is 9.97 Å². The lowest BCUT2D eigenvalue weighted by Gasteiger charge is -2.29. The lowest BCUT2D eigenvalue weighted by molar-refractivity contribution is -0.134. The van der Waals surface area contributed by atoms with Gasteiger partial charge < -0.3 is 19.3 Å². The third-order valence-electron chi connectivity index (χ3n) is 4.70. The van der Waals surface area contributed by atoms with E-state index in [1.165, 1.54) is 0 Å². The van der Waals surface area contributed by atoms with Crippen LogP contribution < -0.4 is 4.74 Å². The molecule has 1 N–H and O–H groups in total. The Balaban J connectivity index is 1.48. The highest BCUT2D eigenvalue weighted by Gasteiger charge is 2.39. The first-order valence-corrected chi connectivity index (χ1v) is 8.61. The predicted octanol–water partition coefficient (Wildman–Crippen LogP) is 1.49. The second-order valence-corrected chi connectivity index (χ2v) is 6.39. The fraction of sp³-hybridized carbons (Fsp3) is 0.500. The number of pyridine rings is 1. The molecular weight excluding hydrogens is 320 g/mol. The van der Waals surface area contributed by atoms with Crippen molar-refractivity contribution in [3.8, 4) is 5.75 Å². The second kappa shape index (κ2) is 8.11. The van der Waals surface area contributed by atoms with Gasteiger partial charge in [0.2, 0.25) is 5.91 Å². The highest BCUT2D eigenvalue weighted by molar-refractivity contribution is 5.76. The van der Waals surface area contributed by atoms with Crippen LogP contribution in [-0.4, -0.2) is 55.7 Å². The zero-order chi connectivity index (χ0) is 17.6. The van der Waals surface area contributed by atoms with Gasteiger partial charge in [0, 0.05) is 38.6 Å².